The third kappa shape index (κ3) is 3.78. The van der Waals surface area contributed by atoms with E-state index in [-0.39, 0.29) is 5.91 Å². The van der Waals surface area contributed by atoms with Gasteiger partial charge in [-0.15, -0.1) is 0 Å². The number of nitrogens with one attached hydrogen (secondary N) is 1. The van der Waals surface area contributed by atoms with Crippen LogP contribution in [-0.2, 0) is 6.54 Å². The number of aromatic nitrogens is 2. The monoisotopic (exact) mass is 303 g/mol. The van der Waals surface area contributed by atoms with Crippen molar-refractivity contribution < 1.29 is 14.3 Å². The topological polar surface area (TPSA) is 65.4 Å². The molecule has 0 aliphatic carbocycles. The minimum atomic E-state index is -0.127. The van der Waals surface area contributed by atoms with Crippen LogP contribution in [0, 0.1) is 6.92 Å². The fourth-order valence-corrected chi connectivity index (χ4v) is 2.14. The Balaban J connectivity index is 1.86. The number of carbonyl (C=O) groups excluding carboxylic acids is 1. The first-order chi connectivity index (χ1) is 10.7. The molecule has 1 heterocycles. The summed E-state index contributed by atoms with van der Waals surface area (Å²) in [5.41, 5.74) is 1.67. The SMILES string of the molecule is COc1ccc(C(=O)NCCCn2nccc2C)cc1OC. The Morgan fingerprint density at radius 2 is 2.00 bits per heavy atom. The fourth-order valence-electron chi connectivity index (χ4n) is 2.14. The van der Waals surface area contributed by atoms with Gasteiger partial charge in [0.05, 0.1) is 14.2 Å². The predicted molar refractivity (Wildman–Crippen MR) is 83.5 cm³/mol. The number of rotatable bonds is 7. The number of hydrogen-bond donors (Lipinski definition) is 1. The van der Waals surface area contributed by atoms with Gasteiger partial charge in [0, 0.05) is 30.5 Å². The lowest BCUT2D eigenvalue weighted by atomic mass is 10.2. The van der Waals surface area contributed by atoms with Gasteiger partial charge in [-0.05, 0) is 37.6 Å². The zero-order chi connectivity index (χ0) is 15.9. The van der Waals surface area contributed by atoms with E-state index < -0.39 is 0 Å². The highest BCUT2D eigenvalue weighted by Gasteiger charge is 2.10. The van der Waals surface area contributed by atoms with Crippen LogP contribution in [-0.4, -0.2) is 36.5 Å². The quantitative estimate of drug-likeness (QED) is 0.795. The Hall–Kier alpha value is -2.50. The molecule has 22 heavy (non-hydrogen) atoms. The molecule has 1 aromatic carbocycles. The summed E-state index contributed by atoms with van der Waals surface area (Å²) in [7, 11) is 3.11. The Labute approximate surface area is 130 Å². The van der Waals surface area contributed by atoms with Crippen LogP contribution in [0.1, 0.15) is 22.5 Å². The van der Waals surface area contributed by atoms with Crippen molar-refractivity contribution in [1.82, 2.24) is 15.1 Å². The Kier molecular flexibility index (Phi) is 5.41. The van der Waals surface area contributed by atoms with Crippen LogP contribution in [0.4, 0.5) is 0 Å². The summed E-state index contributed by atoms with van der Waals surface area (Å²) in [5, 5.41) is 7.10. The van der Waals surface area contributed by atoms with Crippen LogP contribution >= 0.6 is 0 Å². The molecule has 0 radical (unpaired) electrons. The van der Waals surface area contributed by atoms with Crippen molar-refractivity contribution in [2.24, 2.45) is 0 Å². The van der Waals surface area contributed by atoms with Crippen LogP contribution < -0.4 is 14.8 Å². The first-order valence-electron chi connectivity index (χ1n) is 7.14. The first kappa shape index (κ1) is 15.9. The highest BCUT2D eigenvalue weighted by Crippen LogP contribution is 2.27. The molecule has 1 amide bonds. The molecule has 0 saturated heterocycles. The number of amides is 1. The maximum absolute atomic E-state index is 12.1. The molecular formula is C16H21N3O3. The van der Waals surface area contributed by atoms with Gasteiger partial charge in [-0.3, -0.25) is 9.48 Å². The molecule has 0 saturated carbocycles. The van der Waals surface area contributed by atoms with E-state index in [0.29, 0.717) is 23.6 Å². The van der Waals surface area contributed by atoms with E-state index >= 15 is 0 Å². The maximum atomic E-state index is 12.1. The van der Waals surface area contributed by atoms with Gasteiger partial charge in [-0.25, -0.2) is 0 Å². The second kappa shape index (κ2) is 7.49. The zero-order valence-corrected chi connectivity index (χ0v) is 13.1. The summed E-state index contributed by atoms with van der Waals surface area (Å²) >= 11 is 0. The van der Waals surface area contributed by atoms with Crippen LogP contribution in [0.15, 0.2) is 30.5 Å². The fraction of sp³-hybridized carbons (Fsp3) is 0.375. The summed E-state index contributed by atoms with van der Waals surface area (Å²) < 4.78 is 12.3. The zero-order valence-electron chi connectivity index (χ0n) is 13.1. The Morgan fingerprint density at radius 3 is 2.64 bits per heavy atom. The molecule has 6 heteroatoms. The van der Waals surface area contributed by atoms with E-state index in [0.717, 1.165) is 18.7 Å². The summed E-state index contributed by atoms with van der Waals surface area (Å²) in [6.07, 6.45) is 2.60. The van der Waals surface area contributed by atoms with Crippen molar-refractivity contribution in [3.63, 3.8) is 0 Å². The second-order valence-electron chi connectivity index (χ2n) is 4.87. The third-order valence-electron chi connectivity index (χ3n) is 3.41. The number of hydrogen-bond acceptors (Lipinski definition) is 4. The lowest BCUT2D eigenvalue weighted by Gasteiger charge is -2.10. The van der Waals surface area contributed by atoms with Gasteiger partial charge in [0.2, 0.25) is 0 Å². The highest BCUT2D eigenvalue weighted by molar-refractivity contribution is 5.94. The molecule has 0 unspecified atom stereocenters. The van der Waals surface area contributed by atoms with Crippen molar-refractivity contribution in [1.29, 1.82) is 0 Å². The van der Waals surface area contributed by atoms with Crippen molar-refractivity contribution in [2.75, 3.05) is 20.8 Å². The van der Waals surface area contributed by atoms with Gasteiger partial charge >= 0.3 is 0 Å². The smallest absolute Gasteiger partial charge is 0.251 e. The standard InChI is InChI=1S/C16H21N3O3/c1-12-7-9-18-19(12)10-4-8-17-16(20)13-5-6-14(21-2)15(11-13)22-3/h5-7,9,11H,4,8,10H2,1-3H3,(H,17,20). The van der Waals surface area contributed by atoms with E-state index in [1.807, 2.05) is 17.7 Å². The average Bonchev–Trinajstić information content (AvgIpc) is 2.95. The molecular weight excluding hydrogens is 282 g/mol. The number of nitrogens with zero attached hydrogens (tertiary/aromatic N) is 2. The summed E-state index contributed by atoms with van der Waals surface area (Å²) in [6.45, 7) is 3.38. The van der Waals surface area contributed by atoms with Crippen LogP contribution in [0.5, 0.6) is 11.5 Å². The lowest BCUT2D eigenvalue weighted by molar-refractivity contribution is 0.0952. The molecule has 0 bridgehead atoms. The Morgan fingerprint density at radius 1 is 1.23 bits per heavy atom. The number of carbonyl (C=O) groups is 1. The summed E-state index contributed by atoms with van der Waals surface area (Å²) in [4.78, 5) is 12.1. The molecule has 0 spiro atoms. The van der Waals surface area contributed by atoms with Crippen LogP contribution in [0.3, 0.4) is 0 Å². The molecule has 0 atom stereocenters. The Bertz CT molecular complexity index is 637. The van der Waals surface area contributed by atoms with Crippen molar-refractivity contribution in [3.8, 4) is 11.5 Å². The van der Waals surface area contributed by atoms with Gasteiger partial charge in [-0.1, -0.05) is 0 Å². The molecule has 2 rings (SSSR count). The number of methoxy groups -OCH3 is 2. The van der Waals surface area contributed by atoms with E-state index in [4.69, 9.17) is 9.47 Å². The molecule has 0 fully saturated rings. The van der Waals surface area contributed by atoms with E-state index in [9.17, 15) is 4.79 Å². The normalized spacial score (nSPS) is 10.3. The van der Waals surface area contributed by atoms with Gasteiger partial charge in [-0.2, -0.15) is 5.10 Å². The number of ether oxygens (including phenoxy) is 2. The van der Waals surface area contributed by atoms with Crippen molar-refractivity contribution in [2.45, 2.75) is 19.9 Å². The maximum Gasteiger partial charge on any atom is 0.251 e. The minimum absolute atomic E-state index is 0.127. The average molecular weight is 303 g/mol. The molecule has 2 aromatic rings. The molecule has 0 aliphatic rings. The predicted octanol–water partition coefficient (Wildman–Crippen LogP) is 2.03. The lowest BCUT2D eigenvalue weighted by Crippen LogP contribution is -2.25. The van der Waals surface area contributed by atoms with E-state index in [2.05, 4.69) is 10.4 Å². The molecule has 0 aliphatic heterocycles. The first-order valence-corrected chi connectivity index (χ1v) is 7.14. The van der Waals surface area contributed by atoms with E-state index in [1.54, 1.807) is 38.6 Å². The molecule has 6 nitrogen and oxygen atoms in total. The largest absolute Gasteiger partial charge is 0.493 e. The van der Waals surface area contributed by atoms with Gasteiger partial charge in [0.1, 0.15) is 0 Å². The van der Waals surface area contributed by atoms with Gasteiger partial charge < -0.3 is 14.8 Å². The number of benzene rings is 1. The van der Waals surface area contributed by atoms with Crippen molar-refractivity contribution in [3.05, 3.63) is 41.7 Å². The summed E-state index contributed by atoms with van der Waals surface area (Å²) in [5.74, 6) is 1.02. The minimum Gasteiger partial charge on any atom is -0.493 e. The molecule has 118 valence electrons. The van der Waals surface area contributed by atoms with Gasteiger partial charge in [0.15, 0.2) is 11.5 Å². The van der Waals surface area contributed by atoms with Crippen molar-refractivity contribution >= 4 is 5.91 Å². The summed E-state index contributed by atoms with van der Waals surface area (Å²) in [6, 6.07) is 7.07. The third-order valence-corrected chi connectivity index (χ3v) is 3.41. The molecule has 1 N–H and O–H groups in total. The second-order valence-corrected chi connectivity index (χ2v) is 4.87. The van der Waals surface area contributed by atoms with E-state index in [1.165, 1.54) is 0 Å². The van der Waals surface area contributed by atoms with Gasteiger partial charge in [0.25, 0.3) is 5.91 Å². The van der Waals surface area contributed by atoms with Crippen LogP contribution in [0.2, 0.25) is 0 Å². The molecule has 1 aromatic heterocycles. The van der Waals surface area contributed by atoms with Crippen LogP contribution in [0.25, 0.3) is 0 Å². The highest BCUT2D eigenvalue weighted by atomic mass is 16.5. The number of aryl methyl sites for hydroxylation is 2.